The van der Waals surface area contributed by atoms with Crippen molar-refractivity contribution in [2.24, 2.45) is 11.8 Å². The van der Waals surface area contributed by atoms with Gasteiger partial charge in [0.25, 0.3) is 0 Å². The van der Waals surface area contributed by atoms with Crippen LogP contribution >= 0.6 is 0 Å². The minimum atomic E-state index is -0.269. The summed E-state index contributed by atoms with van der Waals surface area (Å²) in [6.07, 6.45) is 10.8. The summed E-state index contributed by atoms with van der Waals surface area (Å²) in [5.41, 5.74) is 0.656. The Kier molecular flexibility index (Phi) is 7.04. The van der Waals surface area contributed by atoms with Gasteiger partial charge in [-0.1, -0.05) is 6.92 Å². The zero-order valence-electron chi connectivity index (χ0n) is 19.0. The van der Waals surface area contributed by atoms with Gasteiger partial charge in [0, 0.05) is 43.9 Å². The Morgan fingerprint density at radius 1 is 1.28 bits per heavy atom. The molecule has 7 heteroatoms. The SMILES string of the molecule is CC(=O)NC(C)C1=CC2CC(OCC3=C(F)C=C(OC[C@H]4CCCO4)CC3C)=CC=C2O1. The molecule has 0 spiro atoms. The monoisotopic (exact) mass is 445 g/mol. The van der Waals surface area contributed by atoms with Crippen molar-refractivity contribution >= 4 is 5.91 Å². The Bertz CT molecular complexity index is 894. The molecule has 2 aliphatic heterocycles. The summed E-state index contributed by atoms with van der Waals surface area (Å²) in [5.74, 6) is 2.76. The highest BCUT2D eigenvalue weighted by molar-refractivity contribution is 5.73. The van der Waals surface area contributed by atoms with Gasteiger partial charge in [0.2, 0.25) is 5.91 Å². The number of ether oxygens (including phenoxy) is 4. The van der Waals surface area contributed by atoms with Gasteiger partial charge in [-0.25, -0.2) is 4.39 Å². The fraction of sp³-hybridized carbons (Fsp3) is 0.560. The average molecular weight is 446 g/mol. The first-order valence-electron chi connectivity index (χ1n) is 11.4. The minimum absolute atomic E-state index is 0.00890. The van der Waals surface area contributed by atoms with Gasteiger partial charge in [0.1, 0.15) is 30.6 Å². The predicted molar refractivity (Wildman–Crippen MR) is 118 cm³/mol. The van der Waals surface area contributed by atoms with Crippen molar-refractivity contribution in [1.82, 2.24) is 5.32 Å². The van der Waals surface area contributed by atoms with Crippen molar-refractivity contribution in [3.63, 3.8) is 0 Å². The van der Waals surface area contributed by atoms with Gasteiger partial charge >= 0.3 is 0 Å². The molecule has 3 unspecified atom stereocenters. The Hall–Kier alpha value is -2.54. The molecule has 4 atom stereocenters. The quantitative estimate of drug-likeness (QED) is 0.593. The van der Waals surface area contributed by atoms with Gasteiger partial charge < -0.3 is 24.3 Å². The molecule has 2 aliphatic carbocycles. The number of hydrogen-bond acceptors (Lipinski definition) is 5. The molecule has 0 bridgehead atoms. The number of fused-ring (bicyclic) bond motifs is 1. The number of carbonyl (C=O) groups excluding carboxylic acids is 1. The first-order valence-corrected chi connectivity index (χ1v) is 11.4. The second-order valence-electron chi connectivity index (χ2n) is 8.93. The summed E-state index contributed by atoms with van der Waals surface area (Å²) in [4.78, 5) is 11.3. The van der Waals surface area contributed by atoms with E-state index in [0.717, 1.165) is 36.7 Å². The molecular weight excluding hydrogens is 413 g/mol. The number of halogens is 1. The molecule has 4 rings (SSSR count). The summed E-state index contributed by atoms with van der Waals surface area (Å²) in [7, 11) is 0. The lowest BCUT2D eigenvalue weighted by Crippen LogP contribution is -2.32. The third-order valence-electron chi connectivity index (χ3n) is 6.26. The van der Waals surface area contributed by atoms with Crippen LogP contribution in [0.25, 0.3) is 0 Å². The van der Waals surface area contributed by atoms with Gasteiger partial charge in [0.15, 0.2) is 0 Å². The summed E-state index contributed by atoms with van der Waals surface area (Å²) >= 11 is 0. The van der Waals surface area contributed by atoms with Crippen LogP contribution in [-0.4, -0.2) is 37.9 Å². The largest absolute Gasteiger partial charge is 0.495 e. The normalized spacial score (nSPS) is 28.1. The van der Waals surface area contributed by atoms with Crippen LogP contribution in [0.5, 0.6) is 0 Å². The fourth-order valence-electron chi connectivity index (χ4n) is 4.43. The van der Waals surface area contributed by atoms with Crippen molar-refractivity contribution in [3.8, 4) is 0 Å². The molecule has 0 aromatic rings. The van der Waals surface area contributed by atoms with E-state index in [9.17, 15) is 9.18 Å². The van der Waals surface area contributed by atoms with Gasteiger partial charge in [-0.05, 0) is 43.9 Å². The van der Waals surface area contributed by atoms with E-state index in [2.05, 4.69) is 5.32 Å². The molecule has 0 radical (unpaired) electrons. The molecule has 1 amide bonds. The van der Waals surface area contributed by atoms with Gasteiger partial charge in [-0.3, -0.25) is 4.79 Å². The average Bonchev–Trinajstić information content (AvgIpc) is 3.40. The summed E-state index contributed by atoms with van der Waals surface area (Å²) < 4.78 is 38.0. The van der Waals surface area contributed by atoms with Crippen molar-refractivity contribution in [1.29, 1.82) is 0 Å². The van der Waals surface area contributed by atoms with Gasteiger partial charge in [-0.2, -0.15) is 0 Å². The van der Waals surface area contributed by atoms with Crippen LogP contribution in [0.2, 0.25) is 0 Å². The van der Waals surface area contributed by atoms with Crippen LogP contribution in [0.3, 0.4) is 0 Å². The third kappa shape index (κ3) is 5.44. The Balaban J connectivity index is 1.31. The lowest BCUT2D eigenvalue weighted by atomic mass is 9.91. The van der Waals surface area contributed by atoms with Crippen LogP contribution in [0.15, 0.2) is 58.7 Å². The Morgan fingerprint density at radius 3 is 2.84 bits per heavy atom. The second kappa shape index (κ2) is 9.94. The molecule has 32 heavy (non-hydrogen) atoms. The first kappa shape index (κ1) is 22.6. The minimum Gasteiger partial charge on any atom is -0.495 e. The summed E-state index contributed by atoms with van der Waals surface area (Å²) in [5, 5.41) is 2.83. The van der Waals surface area contributed by atoms with E-state index in [-0.39, 0.29) is 42.3 Å². The lowest BCUT2D eigenvalue weighted by molar-refractivity contribution is -0.119. The molecule has 1 N–H and O–H groups in total. The fourth-order valence-corrected chi connectivity index (χ4v) is 4.43. The van der Waals surface area contributed by atoms with Crippen LogP contribution in [0.4, 0.5) is 4.39 Å². The second-order valence-corrected chi connectivity index (χ2v) is 8.93. The topological polar surface area (TPSA) is 66.0 Å². The number of allylic oxidation sites excluding steroid dienone is 7. The zero-order valence-corrected chi connectivity index (χ0v) is 19.0. The highest BCUT2D eigenvalue weighted by atomic mass is 19.1. The molecule has 2 heterocycles. The maximum absolute atomic E-state index is 14.8. The maximum Gasteiger partial charge on any atom is 0.217 e. The summed E-state index contributed by atoms with van der Waals surface area (Å²) in [6.45, 7) is 6.85. The van der Waals surface area contributed by atoms with Crippen molar-refractivity contribution in [3.05, 3.63) is 58.7 Å². The van der Waals surface area contributed by atoms with Crippen LogP contribution in [0.1, 0.15) is 46.5 Å². The number of hydrogen-bond donors (Lipinski definition) is 1. The van der Waals surface area contributed by atoms with Crippen LogP contribution < -0.4 is 5.32 Å². The molecular formula is C25H32FNO5. The highest BCUT2D eigenvalue weighted by Gasteiger charge is 2.30. The zero-order chi connectivity index (χ0) is 22.7. The smallest absolute Gasteiger partial charge is 0.217 e. The van der Waals surface area contributed by atoms with E-state index in [4.69, 9.17) is 18.9 Å². The van der Waals surface area contributed by atoms with Crippen molar-refractivity contribution < 1.29 is 28.1 Å². The molecule has 0 aromatic heterocycles. The van der Waals surface area contributed by atoms with Crippen LogP contribution in [-0.2, 0) is 23.7 Å². The number of nitrogens with one attached hydrogen (secondary N) is 1. The van der Waals surface area contributed by atoms with E-state index in [0.29, 0.717) is 30.8 Å². The number of carbonyl (C=O) groups is 1. The predicted octanol–water partition coefficient (Wildman–Crippen LogP) is 4.57. The first-order chi connectivity index (χ1) is 15.4. The van der Waals surface area contributed by atoms with E-state index in [1.54, 1.807) is 0 Å². The lowest BCUT2D eigenvalue weighted by Gasteiger charge is -2.25. The molecule has 6 nitrogen and oxygen atoms in total. The Morgan fingerprint density at radius 2 is 2.12 bits per heavy atom. The number of amides is 1. The van der Waals surface area contributed by atoms with Crippen LogP contribution in [0, 0.1) is 11.8 Å². The molecule has 0 aromatic carbocycles. The third-order valence-corrected chi connectivity index (χ3v) is 6.26. The Labute approximate surface area is 188 Å². The van der Waals surface area contributed by atoms with Gasteiger partial charge in [-0.15, -0.1) is 0 Å². The maximum atomic E-state index is 14.8. The molecule has 1 fully saturated rings. The van der Waals surface area contributed by atoms with E-state index in [1.807, 2.05) is 32.1 Å². The van der Waals surface area contributed by atoms with E-state index in [1.165, 1.54) is 13.0 Å². The van der Waals surface area contributed by atoms with Gasteiger partial charge in [0.05, 0.1) is 23.7 Å². The van der Waals surface area contributed by atoms with Crippen molar-refractivity contribution in [2.45, 2.75) is 58.6 Å². The van der Waals surface area contributed by atoms with Crippen molar-refractivity contribution in [2.75, 3.05) is 19.8 Å². The molecule has 1 saturated heterocycles. The highest BCUT2D eigenvalue weighted by Crippen LogP contribution is 2.37. The molecule has 4 aliphatic rings. The van der Waals surface area contributed by atoms with E-state index >= 15 is 0 Å². The standard InChI is InChI=1S/C25H32FNO5/c1-15-9-21(30-13-20-5-4-8-29-20)12-23(26)22(15)14-31-19-6-7-24-18(10-19)11-25(32-24)16(2)27-17(3)28/h6-7,11-12,15-16,18,20H,4-5,8-10,13-14H2,1-3H3,(H,27,28)/t15?,16?,18?,20-/m1/s1. The van der Waals surface area contributed by atoms with E-state index < -0.39 is 0 Å². The number of rotatable bonds is 8. The molecule has 174 valence electrons. The summed E-state index contributed by atoms with van der Waals surface area (Å²) in [6, 6.07) is -0.186. The molecule has 0 saturated carbocycles.